The topological polar surface area (TPSA) is 60.2 Å². The molecular formula is C10H8ClNO3. The molecule has 1 rings (SSSR count). The molecule has 0 fully saturated rings. The van der Waals surface area contributed by atoms with E-state index >= 15 is 0 Å². The smallest absolute Gasteiger partial charge is 0.276 e. The summed E-state index contributed by atoms with van der Waals surface area (Å²) >= 11 is 5.71. The molecule has 0 aliphatic rings. The number of nitro groups is 1. The first kappa shape index (κ1) is 11.4. The van der Waals surface area contributed by atoms with Gasteiger partial charge in [0, 0.05) is 11.1 Å². The zero-order chi connectivity index (χ0) is 11.4. The molecule has 1 aromatic carbocycles. The van der Waals surface area contributed by atoms with Gasteiger partial charge in [-0.15, -0.1) is 0 Å². The van der Waals surface area contributed by atoms with Crippen LogP contribution >= 0.6 is 11.6 Å². The maximum absolute atomic E-state index is 10.6. The Hall–Kier alpha value is -1.68. The summed E-state index contributed by atoms with van der Waals surface area (Å²) in [5.74, 6) is 0. The van der Waals surface area contributed by atoms with Crippen LogP contribution in [0.2, 0.25) is 5.02 Å². The Balaban J connectivity index is 3.30. The van der Waals surface area contributed by atoms with Gasteiger partial charge in [0.2, 0.25) is 0 Å². The fourth-order valence-electron chi connectivity index (χ4n) is 1.09. The van der Waals surface area contributed by atoms with E-state index in [0.717, 1.165) is 0 Å². The van der Waals surface area contributed by atoms with Crippen molar-refractivity contribution in [3.8, 4) is 0 Å². The third-order valence-corrected chi connectivity index (χ3v) is 1.99. The summed E-state index contributed by atoms with van der Waals surface area (Å²) in [5, 5.41) is 11.0. The van der Waals surface area contributed by atoms with Crippen LogP contribution in [0.4, 0.5) is 5.69 Å². The molecule has 0 atom stereocenters. The van der Waals surface area contributed by atoms with Gasteiger partial charge in [-0.3, -0.25) is 14.9 Å². The Kier molecular flexibility index (Phi) is 3.57. The maximum Gasteiger partial charge on any atom is 0.276 e. The second-order valence-corrected chi connectivity index (χ2v) is 3.40. The summed E-state index contributed by atoms with van der Waals surface area (Å²) in [6, 6.07) is 4.20. The number of hydrogen-bond acceptors (Lipinski definition) is 3. The summed E-state index contributed by atoms with van der Waals surface area (Å²) < 4.78 is 0. The molecule has 4 nitrogen and oxygen atoms in total. The lowest BCUT2D eigenvalue weighted by atomic mass is 10.1. The van der Waals surface area contributed by atoms with Crippen LogP contribution in [0.15, 0.2) is 23.8 Å². The second-order valence-electron chi connectivity index (χ2n) is 2.97. The van der Waals surface area contributed by atoms with Crippen molar-refractivity contribution in [2.75, 3.05) is 0 Å². The molecule has 0 radical (unpaired) electrons. The van der Waals surface area contributed by atoms with Crippen LogP contribution < -0.4 is 0 Å². The van der Waals surface area contributed by atoms with E-state index in [2.05, 4.69) is 0 Å². The van der Waals surface area contributed by atoms with Gasteiger partial charge in [0.1, 0.15) is 6.29 Å². The lowest BCUT2D eigenvalue weighted by Gasteiger charge is -1.98. The summed E-state index contributed by atoms with van der Waals surface area (Å²) in [6.07, 6.45) is 2.06. The monoisotopic (exact) mass is 225 g/mol. The van der Waals surface area contributed by atoms with Gasteiger partial charge in [-0.1, -0.05) is 11.6 Å². The average molecular weight is 226 g/mol. The molecule has 0 aliphatic carbocycles. The third-order valence-electron chi connectivity index (χ3n) is 1.76. The van der Waals surface area contributed by atoms with Crippen LogP contribution in [0, 0.1) is 10.1 Å². The maximum atomic E-state index is 10.6. The molecular weight excluding hydrogens is 218 g/mol. The molecule has 0 heterocycles. The minimum absolute atomic E-state index is 0.0689. The van der Waals surface area contributed by atoms with Gasteiger partial charge in [-0.2, -0.15) is 0 Å². The molecule has 0 amide bonds. The number of halogens is 1. The molecule has 0 N–H and O–H groups in total. The first-order chi connectivity index (χ1) is 7.04. The predicted octanol–water partition coefficient (Wildman–Crippen LogP) is 2.85. The number of benzene rings is 1. The average Bonchev–Trinajstić information content (AvgIpc) is 2.17. The summed E-state index contributed by atoms with van der Waals surface area (Å²) in [6.45, 7) is 1.57. The van der Waals surface area contributed by atoms with E-state index in [9.17, 15) is 14.9 Å². The lowest BCUT2D eigenvalue weighted by molar-refractivity contribution is -0.385. The molecule has 0 saturated heterocycles. The van der Waals surface area contributed by atoms with E-state index in [1.807, 2.05) is 0 Å². The van der Waals surface area contributed by atoms with Gasteiger partial charge < -0.3 is 0 Å². The number of allylic oxidation sites excluding steroid dienone is 1. The van der Waals surface area contributed by atoms with Crippen molar-refractivity contribution in [2.24, 2.45) is 0 Å². The fourth-order valence-corrected chi connectivity index (χ4v) is 1.27. The van der Waals surface area contributed by atoms with Gasteiger partial charge in [0.05, 0.1) is 10.5 Å². The summed E-state index contributed by atoms with van der Waals surface area (Å²) in [5.41, 5.74) is 0.665. The summed E-state index contributed by atoms with van der Waals surface area (Å²) in [7, 11) is 0. The van der Waals surface area contributed by atoms with Crippen LogP contribution in [0.3, 0.4) is 0 Å². The number of carbonyl (C=O) groups excluding carboxylic acids is 1. The van der Waals surface area contributed by atoms with Gasteiger partial charge in [-0.25, -0.2) is 0 Å². The molecule has 5 heteroatoms. The Morgan fingerprint density at radius 2 is 2.20 bits per heavy atom. The predicted molar refractivity (Wildman–Crippen MR) is 57.8 cm³/mol. The van der Waals surface area contributed by atoms with Gasteiger partial charge in [0.25, 0.3) is 5.69 Å². The van der Waals surface area contributed by atoms with Crippen LogP contribution in [-0.2, 0) is 4.79 Å². The van der Waals surface area contributed by atoms with E-state index in [4.69, 9.17) is 11.6 Å². The Labute approximate surface area is 91.3 Å². The van der Waals surface area contributed by atoms with Crippen molar-refractivity contribution in [3.05, 3.63) is 44.5 Å². The highest BCUT2D eigenvalue weighted by Crippen LogP contribution is 2.24. The number of nitro benzene ring substituents is 1. The minimum Gasteiger partial charge on any atom is -0.298 e. The first-order valence-corrected chi connectivity index (χ1v) is 4.50. The van der Waals surface area contributed by atoms with E-state index < -0.39 is 4.92 Å². The lowest BCUT2D eigenvalue weighted by Crippen LogP contribution is -1.91. The number of rotatable bonds is 3. The van der Waals surface area contributed by atoms with Crippen LogP contribution in [0.5, 0.6) is 0 Å². The highest BCUT2D eigenvalue weighted by atomic mass is 35.5. The quantitative estimate of drug-likeness (QED) is 0.344. The molecule has 0 bridgehead atoms. The van der Waals surface area contributed by atoms with Crippen molar-refractivity contribution in [2.45, 2.75) is 6.92 Å². The zero-order valence-corrected chi connectivity index (χ0v) is 8.69. The molecule has 0 aromatic heterocycles. The highest BCUT2D eigenvalue weighted by Gasteiger charge is 2.11. The normalized spacial score (nSPS) is 11.2. The van der Waals surface area contributed by atoms with Crippen molar-refractivity contribution in [1.82, 2.24) is 0 Å². The molecule has 15 heavy (non-hydrogen) atoms. The Bertz CT molecular complexity index is 440. The van der Waals surface area contributed by atoms with Gasteiger partial charge >= 0.3 is 0 Å². The first-order valence-electron chi connectivity index (χ1n) is 4.12. The van der Waals surface area contributed by atoms with Crippen molar-refractivity contribution >= 4 is 29.7 Å². The van der Waals surface area contributed by atoms with Gasteiger partial charge in [0.15, 0.2) is 0 Å². The largest absolute Gasteiger partial charge is 0.298 e. The van der Waals surface area contributed by atoms with E-state index in [-0.39, 0.29) is 5.69 Å². The number of nitrogens with zero attached hydrogens (tertiary/aromatic N) is 1. The van der Waals surface area contributed by atoms with E-state index in [0.29, 0.717) is 22.4 Å². The zero-order valence-electron chi connectivity index (χ0n) is 7.94. The molecule has 78 valence electrons. The Morgan fingerprint density at radius 3 is 2.73 bits per heavy atom. The van der Waals surface area contributed by atoms with Gasteiger partial charge in [-0.05, 0) is 30.7 Å². The number of aldehydes is 1. The van der Waals surface area contributed by atoms with Crippen molar-refractivity contribution < 1.29 is 9.72 Å². The molecule has 0 saturated carbocycles. The highest BCUT2D eigenvalue weighted by molar-refractivity contribution is 6.30. The van der Waals surface area contributed by atoms with Crippen molar-refractivity contribution in [1.29, 1.82) is 0 Å². The van der Waals surface area contributed by atoms with Crippen LogP contribution in [0.1, 0.15) is 12.5 Å². The van der Waals surface area contributed by atoms with E-state index in [1.54, 1.807) is 6.92 Å². The molecule has 1 aromatic rings. The number of carbonyl (C=O) groups is 1. The fraction of sp³-hybridized carbons (Fsp3) is 0.100. The van der Waals surface area contributed by atoms with Crippen LogP contribution in [0.25, 0.3) is 6.08 Å². The van der Waals surface area contributed by atoms with Crippen molar-refractivity contribution in [3.63, 3.8) is 0 Å². The van der Waals surface area contributed by atoms with Crippen LogP contribution in [-0.4, -0.2) is 11.2 Å². The summed E-state index contributed by atoms with van der Waals surface area (Å²) in [4.78, 5) is 20.5. The standard InChI is InChI=1S/C10H8ClNO3/c1-7(6-13)4-8-5-9(11)2-3-10(8)12(14)15/h2-6H,1H3/b7-4-. The third kappa shape index (κ3) is 2.89. The molecule has 0 aliphatic heterocycles. The molecule has 0 unspecified atom stereocenters. The minimum atomic E-state index is -0.514. The second kappa shape index (κ2) is 4.70. The van der Waals surface area contributed by atoms with E-state index in [1.165, 1.54) is 24.3 Å². The SMILES string of the molecule is C/C(C=O)=C/c1cc(Cl)ccc1[N+](=O)[O-]. The Morgan fingerprint density at radius 1 is 1.53 bits per heavy atom. The number of hydrogen-bond donors (Lipinski definition) is 0. The molecule has 0 spiro atoms.